The number of ether oxygens (including phenoxy) is 1. The summed E-state index contributed by atoms with van der Waals surface area (Å²) in [4.78, 5) is 33.9. The van der Waals surface area contributed by atoms with Crippen LogP contribution in [0, 0.1) is 29.8 Å². The number of nitro benzene ring substituents is 1. The van der Waals surface area contributed by atoms with Crippen molar-refractivity contribution in [3.05, 3.63) is 51.1 Å². The smallest absolute Gasteiger partial charge is 0.344 e. The summed E-state index contributed by atoms with van der Waals surface area (Å²) in [5.74, 6) is -2.30. The highest BCUT2D eigenvalue weighted by Crippen LogP contribution is 2.22. The van der Waals surface area contributed by atoms with Gasteiger partial charge in [0.05, 0.1) is 10.6 Å². The van der Waals surface area contributed by atoms with Crippen molar-refractivity contribution in [3.8, 4) is 0 Å². The van der Waals surface area contributed by atoms with Crippen LogP contribution in [-0.4, -0.2) is 28.1 Å². The zero-order chi connectivity index (χ0) is 18.7. The standard InChI is InChI=1S/C15H14FN3O6/c1-7-13(8(2)25-18-7)15(21)24-9(3)14(20)17-10-4-5-11(16)12(6-10)19(22)23/h4-6,9H,1-3H3,(H,17,20)/t9-/m1/s1. The molecule has 1 amide bonds. The maximum atomic E-state index is 13.3. The van der Waals surface area contributed by atoms with Crippen LogP contribution in [0.5, 0.6) is 0 Å². The number of esters is 1. The Balaban J connectivity index is 2.07. The molecule has 1 atom stereocenters. The maximum Gasteiger partial charge on any atom is 0.344 e. The lowest BCUT2D eigenvalue weighted by Crippen LogP contribution is -2.30. The highest BCUT2D eigenvalue weighted by Gasteiger charge is 2.25. The van der Waals surface area contributed by atoms with Crippen molar-refractivity contribution in [2.24, 2.45) is 0 Å². The normalized spacial score (nSPS) is 11.7. The number of hydrogen-bond donors (Lipinski definition) is 1. The number of anilines is 1. The van der Waals surface area contributed by atoms with E-state index in [-0.39, 0.29) is 17.0 Å². The number of carbonyl (C=O) groups excluding carboxylic acids is 2. The number of aryl methyl sites for hydroxylation is 2. The molecule has 0 unspecified atom stereocenters. The predicted molar refractivity (Wildman–Crippen MR) is 82.5 cm³/mol. The van der Waals surface area contributed by atoms with Crippen LogP contribution in [0.3, 0.4) is 0 Å². The molecular weight excluding hydrogens is 337 g/mol. The molecule has 0 aliphatic rings. The largest absolute Gasteiger partial charge is 0.449 e. The molecule has 0 spiro atoms. The molecule has 1 N–H and O–H groups in total. The molecule has 0 radical (unpaired) electrons. The third-order valence-corrected chi connectivity index (χ3v) is 3.30. The Morgan fingerprint density at radius 3 is 2.64 bits per heavy atom. The Hall–Kier alpha value is -3.30. The molecule has 2 rings (SSSR count). The molecule has 0 bridgehead atoms. The fourth-order valence-corrected chi connectivity index (χ4v) is 2.02. The highest BCUT2D eigenvalue weighted by atomic mass is 19.1. The van der Waals surface area contributed by atoms with Crippen molar-refractivity contribution < 1.29 is 28.2 Å². The number of rotatable bonds is 5. The molecule has 0 fully saturated rings. The second kappa shape index (κ2) is 7.07. The first kappa shape index (κ1) is 18.0. The van der Waals surface area contributed by atoms with Gasteiger partial charge in [0.15, 0.2) is 6.10 Å². The zero-order valence-corrected chi connectivity index (χ0v) is 13.5. The topological polar surface area (TPSA) is 125 Å². The van der Waals surface area contributed by atoms with Gasteiger partial charge in [-0.2, -0.15) is 4.39 Å². The Kier molecular flexibility index (Phi) is 5.11. The van der Waals surface area contributed by atoms with Gasteiger partial charge in [-0.15, -0.1) is 0 Å². The quantitative estimate of drug-likeness (QED) is 0.498. The summed E-state index contributed by atoms with van der Waals surface area (Å²) in [6.07, 6.45) is -1.20. The van der Waals surface area contributed by atoms with E-state index >= 15 is 0 Å². The number of carbonyl (C=O) groups is 2. The summed E-state index contributed by atoms with van der Waals surface area (Å²) >= 11 is 0. The summed E-state index contributed by atoms with van der Waals surface area (Å²) < 4.78 is 23.2. The van der Waals surface area contributed by atoms with Crippen LogP contribution in [-0.2, 0) is 9.53 Å². The van der Waals surface area contributed by atoms with Crippen LogP contribution in [0.4, 0.5) is 15.8 Å². The molecule has 0 aliphatic heterocycles. The molecule has 0 saturated heterocycles. The van der Waals surface area contributed by atoms with Crippen LogP contribution in [0.1, 0.15) is 28.7 Å². The number of aromatic nitrogens is 1. The number of halogens is 1. The molecular formula is C15H14FN3O6. The molecule has 1 aromatic heterocycles. The number of nitrogens with one attached hydrogen (secondary N) is 1. The van der Waals surface area contributed by atoms with E-state index in [0.717, 1.165) is 18.2 Å². The van der Waals surface area contributed by atoms with Crippen LogP contribution in [0.2, 0.25) is 0 Å². The van der Waals surface area contributed by atoms with Gasteiger partial charge in [-0.05, 0) is 32.9 Å². The van der Waals surface area contributed by atoms with Crippen LogP contribution in [0.15, 0.2) is 22.7 Å². The molecule has 0 aliphatic carbocycles. The monoisotopic (exact) mass is 351 g/mol. The summed E-state index contributed by atoms with van der Waals surface area (Å²) in [5.41, 5.74) is -0.335. The lowest BCUT2D eigenvalue weighted by Gasteiger charge is -2.13. The first-order valence-corrected chi connectivity index (χ1v) is 7.09. The number of benzene rings is 1. The van der Waals surface area contributed by atoms with E-state index in [4.69, 9.17) is 9.26 Å². The molecule has 25 heavy (non-hydrogen) atoms. The Morgan fingerprint density at radius 2 is 2.08 bits per heavy atom. The van der Waals surface area contributed by atoms with E-state index in [2.05, 4.69) is 10.5 Å². The predicted octanol–water partition coefficient (Wildman–Crippen LogP) is 2.52. The number of hydrogen-bond acceptors (Lipinski definition) is 7. The van der Waals surface area contributed by atoms with Gasteiger partial charge in [0.2, 0.25) is 5.82 Å². The summed E-state index contributed by atoms with van der Waals surface area (Å²) in [6, 6.07) is 2.88. The first-order chi connectivity index (χ1) is 11.7. The van der Waals surface area contributed by atoms with Gasteiger partial charge in [0.25, 0.3) is 5.91 Å². The fraction of sp³-hybridized carbons (Fsp3) is 0.267. The van der Waals surface area contributed by atoms with Gasteiger partial charge < -0.3 is 14.6 Å². The number of nitrogens with zero attached hydrogens (tertiary/aromatic N) is 2. The molecule has 2 aromatic rings. The average molecular weight is 351 g/mol. The minimum atomic E-state index is -1.20. The van der Waals surface area contributed by atoms with Crippen LogP contribution >= 0.6 is 0 Å². The van der Waals surface area contributed by atoms with E-state index in [1.54, 1.807) is 6.92 Å². The van der Waals surface area contributed by atoms with Gasteiger partial charge in [-0.3, -0.25) is 14.9 Å². The van der Waals surface area contributed by atoms with Crippen molar-refractivity contribution in [2.45, 2.75) is 26.9 Å². The van der Waals surface area contributed by atoms with E-state index in [1.165, 1.54) is 13.8 Å². The first-order valence-electron chi connectivity index (χ1n) is 7.09. The van der Waals surface area contributed by atoms with Gasteiger partial charge in [0.1, 0.15) is 11.3 Å². The van der Waals surface area contributed by atoms with Gasteiger partial charge >= 0.3 is 11.7 Å². The van der Waals surface area contributed by atoms with Gasteiger partial charge in [-0.1, -0.05) is 5.16 Å². The lowest BCUT2D eigenvalue weighted by atomic mass is 10.2. The fourth-order valence-electron chi connectivity index (χ4n) is 2.02. The average Bonchev–Trinajstić information content (AvgIpc) is 2.87. The third kappa shape index (κ3) is 3.97. The van der Waals surface area contributed by atoms with Crippen molar-refractivity contribution in [3.63, 3.8) is 0 Å². The van der Waals surface area contributed by atoms with Crippen LogP contribution in [0.25, 0.3) is 0 Å². The van der Waals surface area contributed by atoms with Crippen molar-refractivity contribution >= 4 is 23.3 Å². The van der Waals surface area contributed by atoms with E-state index < -0.39 is 34.4 Å². The molecule has 1 aromatic carbocycles. The number of amides is 1. The van der Waals surface area contributed by atoms with Crippen molar-refractivity contribution in [2.75, 3.05) is 5.32 Å². The van der Waals surface area contributed by atoms with Gasteiger partial charge in [0, 0.05) is 11.8 Å². The third-order valence-electron chi connectivity index (χ3n) is 3.30. The number of nitro groups is 1. The van der Waals surface area contributed by atoms with Crippen molar-refractivity contribution in [1.82, 2.24) is 5.16 Å². The summed E-state index contributed by atoms with van der Waals surface area (Å²) in [6.45, 7) is 4.40. The molecule has 1 heterocycles. The van der Waals surface area contributed by atoms with E-state index in [9.17, 15) is 24.1 Å². The zero-order valence-electron chi connectivity index (χ0n) is 13.5. The second-order valence-corrected chi connectivity index (χ2v) is 5.16. The van der Waals surface area contributed by atoms with E-state index in [0.29, 0.717) is 5.69 Å². The molecule has 0 saturated carbocycles. The van der Waals surface area contributed by atoms with Crippen LogP contribution < -0.4 is 5.32 Å². The second-order valence-electron chi connectivity index (χ2n) is 5.16. The van der Waals surface area contributed by atoms with Crippen molar-refractivity contribution in [1.29, 1.82) is 0 Å². The molecule has 132 valence electrons. The van der Waals surface area contributed by atoms with E-state index in [1.807, 2.05) is 0 Å². The summed E-state index contributed by atoms with van der Waals surface area (Å²) in [7, 11) is 0. The SMILES string of the molecule is Cc1noc(C)c1C(=O)O[C@H](C)C(=O)Nc1ccc(F)c([N+](=O)[O-])c1. The Bertz CT molecular complexity index is 828. The molecule has 10 heteroatoms. The minimum Gasteiger partial charge on any atom is -0.449 e. The van der Waals surface area contributed by atoms with Gasteiger partial charge in [-0.25, -0.2) is 4.79 Å². The Morgan fingerprint density at radius 1 is 1.40 bits per heavy atom. The highest BCUT2D eigenvalue weighted by molar-refractivity contribution is 5.98. The molecule has 9 nitrogen and oxygen atoms in total. The maximum absolute atomic E-state index is 13.3. The Labute approximate surface area is 140 Å². The lowest BCUT2D eigenvalue weighted by molar-refractivity contribution is -0.387. The minimum absolute atomic E-state index is 0.00154. The summed E-state index contributed by atoms with van der Waals surface area (Å²) in [5, 5.41) is 16.6.